The van der Waals surface area contributed by atoms with E-state index in [1.807, 2.05) is 30.5 Å². The van der Waals surface area contributed by atoms with E-state index in [-0.39, 0.29) is 5.91 Å². The first-order chi connectivity index (χ1) is 8.72. The molecule has 0 aliphatic carbocycles. The van der Waals surface area contributed by atoms with E-state index in [4.69, 9.17) is 17.4 Å². The van der Waals surface area contributed by atoms with Gasteiger partial charge in [-0.25, -0.2) is 5.84 Å². The number of halogens is 1. The molecule has 0 saturated heterocycles. The molecule has 0 atom stereocenters. The second kappa shape index (κ2) is 5.89. The van der Waals surface area contributed by atoms with Crippen molar-refractivity contribution in [3.05, 3.63) is 35.5 Å². The van der Waals surface area contributed by atoms with Crippen LogP contribution in [0.2, 0.25) is 5.02 Å². The van der Waals surface area contributed by atoms with Crippen LogP contribution in [0.15, 0.2) is 30.5 Å². The highest BCUT2D eigenvalue weighted by molar-refractivity contribution is 6.35. The minimum Gasteiger partial charge on any atom is -0.346 e. The van der Waals surface area contributed by atoms with Gasteiger partial charge in [-0.15, -0.1) is 0 Å². The number of nitrogens with one attached hydrogen (secondary N) is 1. The van der Waals surface area contributed by atoms with Crippen molar-refractivity contribution < 1.29 is 4.79 Å². The van der Waals surface area contributed by atoms with Gasteiger partial charge in [-0.05, 0) is 25.0 Å². The van der Waals surface area contributed by atoms with Gasteiger partial charge in [-0.2, -0.15) is 0 Å². The number of amides is 1. The molecule has 0 unspecified atom stereocenters. The van der Waals surface area contributed by atoms with Crippen LogP contribution >= 0.6 is 11.6 Å². The molecule has 3 N–H and O–H groups in total. The van der Waals surface area contributed by atoms with Crippen LogP contribution in [0.4, 0.5) is 0 Å². The molecule has 0 spiro atoms. The van der Waals surface area contributed by atoms with Gasteiger partial charge in [0, 0.05) is 24.5 Å². The molecule has 0 bridgehead atoms. The van der Waals surface area contributed by atoms with E-state index in [2.05, 4.69) is 9.99 Å². The van der Waals surface area contributed by atoms with Crippen molar-refractivity contribution >= 4 is 28.4 Å². The minimum atomic E-state index is -0.120. The Bertz CT molecular complexity index is 550. The molecule has 0 radical (unpaired) electrons. The van der Waals surface area contributed by atoms with E-state index in [0.717, 1.165) is 35.3 Å². The highest BCUT2D eigenvalue weighted by Crippen LogP contribution is 2.24. The Morgan fingerprint density at radius 3 is 2.94 bits per heavy atom. The quantitative estimate of drug-likeness (QED) is 0.378. The van der Waals surface area contributed by atoms with E-state index in [9.17, 15) is 4.79 Å². The molecule has 5 heteroatoms. The zero-order valence-electron chi connectivity index (χ0n) is 10.0. The maximum atomic E-state index is 11.0. The van der Waals surface area contributed by atoms with Crippen LogP contribution in [0.3, 0.4) is 0 Å². The number of unbranched alkanes of at least 4 members (excludes halogenated alkanes) is 1. The number of nitrogens with zero attached hydrogens (tertiary/aromatic N) is 1. The Balaban J connectivity index is 1.98. The van der Waals surface area contributed by atoms with Crippen LogP contribution in [0.1, 0.15) is 19.3 Å². The fourth-order valence-electron chi connectivity index (χ4n) is 2.04. The van der Waals surface area contributed by atoms with Crippen LogP contribution in [-0.4, -0.2) is 10.5 Å². The summed E-state index contributed by atoms with van der Waals surface area (Å²) in [5.74, 6) is 4.90. The molecule has 0 fully saturated rings. The van der Waals surface area contributed by atoms with Gasteiger partial charge < -0.3 is 4.57 Å². The first-order valence-electron chi connectivity index (χ1n) is 5.95. The Hall–Kier alpha value is -1.52. The largest absolute Gasteiger partial charge is 0.346 e. The van der Waals surface area contributed by atoms with Gasteiger partial charge in [0.25, 0.3) is 0 Å². The summed E-state index contributed by atoms with van der Waals surface area (Å²) < 4.78 is 2.12. The van der Waals surface area contributed by atoms with Crippen molar-refractivity contribution in [2.24, 2.45) is 5.84 Å². The lowest BCUT2D eigenvalue weighted by molar-refractivity contribution is -0.121. The summed E-state index contributed by atoms with van der Waals surface area (Å²) in [5.41, 5.74) is 3.19. The summed E-state index contributed by atoms with van der Waals surface area (Å²) in [7, 11) is 0. The van der Waals surface area contributed by atoms with Crippen LogP contribution in [0.25, 0.3) is 10.9 Å². The van der Waals surface area contributed by atoms with Crippen LogP contribution < -0.4 is 11.3 Å². The molecule has 2 aromatic rings. The average Bonchev–Trinajstić information content (AvgIpc) is 2.79. The maximum Gasteiger partial charge on any atom is 0.233 e. The summed E-state index contributed by atoms with van der Waals surface area (Å²) in [6, 6.07) is 7.93. The lowest BCUT2D eigenvalue weighted by Gasteiger charge is -2.06. The summed E-state index contributed by atoms with van der Waals surface area (Å²) in [5, 5.41) is 1.90. The summed E-state index contributed by atoms with van der Waals surface area (Å²) in [4.78, 5) is 11.0. The Morgan fingerprint density at radius 2 is 2.17 bits per heavy atom. The van der Waals surface area contributed by atoms with E-state index in [1.165, 1.54) is 0 Å². The van der Waals surface area contributed by atoms with Crippen molar-refractivity contribution in [3.8, 4) is 0 Å². The van der Waals surface area contributed by atoms with Gasteiger partial charge in [0.2, 0.25) is 5.91 Å². The molecule has 96 valence electrons. The standard InChI is InChI=1S/C13H16ClN3O/c14-11-5-3-4-10-7-9-17(13(10)11)8-2-1-6-12(18)16-15/h3-5,7,9H,1-2,6,8,15H2,(H,16,18). The summed E-state index contributed by atoms with van der Waals surface area (Å²) >= 11 is 6.19. The van der Waals surface area contributed by atoms with Crippen LogP contribution in [0.5, 0.6) is 0 Å². The number of carbonyl (C=O) groups excluding carboxylic acids is 1. The van der Waals surface area contributed by atoms with Crippen molar-refractivity contribution in [2.75, 3.05) is 0 Å². The molecule has 1 aromatic carbocycles. The van der Waals surface area contributed by atoms with E-state index in [1.54, 1.807) is 0 Å². The molecular formula is C13H16ClN3O. The molecule has 0 aliphatic heterocycles. The fraction of sp³-hybridized carbons (Fsp3) is 0.308. The number of benzene rings is 1. The Kier molecular flexibility index (Phi) is 4.23. The molecule has 1 amide bonds. The second-order valence-corrected chi connectivity index (χ2v) is 4.62. The van der Waals surface area contributed by atoms with Crippen LogP contribution in [-0.2, 0) is 11.3 Å². The number of aryl methyl sites for hydroxylation is 1. The molecule has 1 aromatic heterocycles. The smallest absolute Gasteiger partial charge is 0.233 e. The van der Waals surface area contributed by atoms with Gasteiger partial charge in [0.1, 0.15) is 0 Å². The van der Waals surface area contributed by atoms with Gasteiger partial charge in [-0.1, -0.05) is 23.7 Å². The topological polar surface area (TPSA) is 60.0 Å². The maximum absolute atomic E-state index is 11.0. The van der Waals surface area contributed by atoms with Gasteiger partial charge >= 0.3 is 0 Å². The van der Waals surface area contributed by atoms with Crippen LogP contribution in [0, 0.1) is 0 Å². The Labute approximate surface area is 111 Å². The monoisotopic (exact) mass is 265 g/mol. The number of rotatable bonds is 5. The lowest BCUT2D eigenvalue weighted by Crippen LogP contribution is -2.29. The zero-order valence-corrected chi connectivity index (χ0v) is 10.8. The molecule has 1 heterocycles. The van der Waals surface area contributed by atoms with E-state index >= 15 is 0 Å². The first kappa shape index (κ1) is 12.9. The van der Waals surface area contributed by atoms with Gasteiger partial charge in [-0.3, -0.25) is 10.2 Å². The van der Waals surface area contributed by atoms with E-state index < -0.39 is 0 Å². The van der Waals surface area contributed by atoms with Crippen molar-refractivity contribution in [1.82, 2.24) is 9.99 Å². The molecule has 0 saturated carbocycles. The third-order valence-corrected chi connectivity index (χ3v) is 3.26. The molecule has 18 heavy (non-hydrogen) atoms. The Morgan fingerprint density at radius 1 is 1.33 bits per heavy atom. The third-order valence-electron chi connectivity index (χ3n) is 2.95. The highest BCUT2D eigenvalue weighted by Gasteiger charge is 2.05. The van der Waals surface area contributed by atoms with Crippen molar-refractivity contribution in [1.29, 1.82) is 0 Å². The first-order valence-corrected chi connectivity index (χ1v) is 6.33. The van der Waals surface area contributed by atoms with E-state index in [0.29, 0.717) is 6.42 Å². The molecule has 0 aliphatic rings. The third kappa shape index (κ3) is 2.83. The van der Waals surface area contributed by atoms with Crippen molar-refractivity contribution in [2.45, 2.75) is 25.8 Å². The minimum absolute atomic E-state index is 0.120. The number of hydrogen-bond acceptors (Lipinski definition) is 2. The summed E-state index contributed by atoms with van der Waals surface area (Å²) in [6.07, 6.45) is 4.22. The number of fused-ring (bicyclic) bond motifs is 1. The number of carbonyl (C=O) groups is 1. The fourth-order valence-corrected chi connectivity index (χ4v) is 2.33. The normalized spacial score (nSPS) is 10.8. The van der Waals surface area contributed by atoms with Gasteiger partial charge in [0.05, 0.1) is 10.5 Å². The average molecular weight is 266 g/mol. The molecule has 4 nitrogen and oxygen atoms in total. The SMILES string of the molecule is NNC(=O)CCCCn1ccc2cccc(Cl)c21. The number of hydrazine groups is 1. The number of para-hydroxylation sites is 1. The number of hydrogen-bond donors (Lipinski definition) is 2. The predicted octanol–water partition coefficient (Wildman–Crippen LogP) is 2.45. The second-order valence-electron chi connectivity index (χ2n) is 4.21. The van der Waals surface area contributed by atoms with Gasteiger partial charge in [0.15, 0.2) is 0 Å². The zero-order chi connectivity index (χ0) is 13.0. The van der Waals surface area contributed by atoms with Crippen molar-refractivity contribution in [3.63, 3.8) is 0 Å². The highest BCUT2D eigenvalue weighted by atomic mass is 35.5. The summed E-state index contributed by atoms with van der Waals surface area (Å²) in [6.45, 7) is 0.852. The lowest BCUT2D eigenvalue weighted by atomic mass is 10.2. The number of nitrogens with two attached hydrogens (primary N) is 1. The molecular weight excluding hydrogens is 250 g/mol. The molecule has 2 rings (SSSR count). The predicted molar refractivity (Wildman–Crippen MR) is 73.1 cm³/mol. The number of aromatic nitrogens is 1.